The molecule has 1 aromatic rings. The van der Waals surface area contributed by atoms with E-state index in [1.54, 1.807) is 83.3 Å². The normalized spacial score (nSPS) is 20.7. The fourth-order valence-corrected chi connectivity index (χ4v) is 8.04. The molecule has 1 heterocycles. The van der Waals surface area contributed by atoms with E-state index in [4.69, 9.17) is 14.2 Å². The first-order valence-electron chi connectivity index (χ1n) is 19.5. The number of nitrogens with one attached hydrogen (secondary N) is 1. The van der Waals surface area contributed by atoms with E-state index in [0.29, 0.717) is 18.5 Å². The lowest BCUT2D eigenvalue weighted by Crippen LogP contribution is -2.54. The number of nitrogens with zero attached hydrogens (tertiary/aromatic N) is 2. The summed E-state index contributed by atoms with van der Waals surface area (Å²) in [5.74, 6) is -2.16. The molecule has 1 aromatic carbocycles. The third kappa shape index (κ3) is 12.0. The molecule has 2 rings (SSSR count). The Kier molecular flexibility index (Phi) is 19.0. The van der Waals surface area contributed by atoms with Crippen molar-refractivity contribution in [3.8, 4) is 0 Å². The van der Waals surface area contributed by atoms with Gasteiger partial charge in [-0.25, -0.2) is 0 Å². The molecule has 1 fully saturated rings. The van der Waals surface area contributed by atoms with Crippen molar-refractivity contribution in [1.29, 1.82) is 0 Å². The number of ether oxygens (including phenoxy) is 3. The van der Waals surface area contributed by atoms with Crippen LogP contribution in [-0.4, -0.2) is 117 Å². The minimum Gasteiger partial charge on any atom is -0.380 e. The number of amides is 2. The van der Waals surface area contributed by atoms with Gasteiger partial charge in [-0.2, -0.15) is 0 Å². The van der Waals surface area contributed by atoms with Gasteiger partial charge in [-0.3, -0.25) is 24.0 Å². The molecule has 0 aliphatic carbocycles. The minimum absolute atomic E-state index is 0.00210. The van der Waals surface area contributed by atoms with E-state index >= 15 is 0 Å². The molecule has 1 aliphatic rings. The molecule has 0 spiro atoms. The summed E-state index contributed by atoms with van der Waals surface area (Å²) in [6, 6.07) is 7.72. The Bertz CT molecular complexity index is 1340. The van der Waals surface area contributed by atoms with Gasteiger partial charge in [0.2, 0.25) is 11.8 Å². The molecular weight excluding hydrogens is 674 g/mol. The lowest BCUT2D eigenvalue weighted by atomic mass is 9.84. The standard InChI is InChI=1S/C42H69N3O8/c1-14-27(6)39(44(10)42(50)32(25(2)3)22-35(47)38(43-9)26(4)5)36(52-12)23-37(48)45-24-31(51-11)21-33(45)41(53-13)29(8)34(46)20-28(7)40(49)30-18-16-15-17-19-30/h15-19,25-29,31-33,36,38-39,41,43H,14,20-24H2,1-13H3/t27-,28-,29-,31+,32-,33-,36+,38-,39-,41+/m0/s1. The van der Waals surface area contributed by atoms with Crippen molar-refractivity contribution in [2.24, 2.45) is 35.5 Å². The number of carbonyl (C=O) groups excluding carboxylic acids is 5. The first-order chi connectivity index (χ1) is 25.0. The summed E-state index contributed by atoms with van der Waals surface area (Å²) in [7, 11) is 8.23. The van der Waals surface area contributed by atoms with Gasteiger partial charge in [0.05, 0.1) is 42.9 Å². The van der Waals surface area contributed by atoms with E-state index in [-0.39, 0.29) is 78.3 Å². The second kappa shape index (κ2) is 21.8. The summed E-state index contributed by atoms with van der Waals surface area (Å²) in [5.41, 5.74) is 0.566. The zero-order valence-electron chi connectivity index (χ0n) is 34.7. The number of methoxy groups -OCH3 is 3. The number of rotatable bonds is 23. The van der Waals surface area contributed by atoms with E-state index in [9.17, 15) is 24.0 Å². The van der Waals surface area contributed by atoms with Crippen molar-refractivity contribution in [3.05, 3.63) is 35.9 Å². The van der Waals surface area contributed by atoms with Gasteiger partial charge in [-0.15, -0.1) is 0 Å². The first-order valence-corrected chi connectivity index (χ1v) is 19.5. The highest BCUT2D eigenvalue weighted by atomic mass is 16.5. The highest BCUT2D eigenvalue weighted by molar-refractivity contribution is 6.00. The molecule has 11 heteroatoms. The monoisotopic (exact) mass is 744 g/mol. The second-order valence-electron chi connectivity index (χ2n) is 15.8. The number of ketones is 3. The summed E-state index contributed by atoms with van der Waals surface area (Å²) in [6.07, 6.45) is -0.118. The highest BCUT2D eigenvalue weighted by Gasteiger charge is 2.45. The van der Waals surface area contributed by atoms with Crippen LogP contribution in [-0.2, 0) is 33.4 Å². The topological polar surface area (TPSA) is 132 Å². The van der Waals surface area contributed by atoms with Gasteiger partial charge < -0.3 is 29.3 Å². The van der Waals surface area contributed by atoms with Gasteiger partial charge in [-0.1, -0.05) is 92.1 Å². The zero-order valence-corrected chi connectivity index (χ0v) is 34.7. The average molecular weight is 744 g/mol. The molecule has 1 aliphatic heterocycles. The van der Waals surface area contributed by atoms with Gasteiger partial charge in [0.15, 0.2) is 11.6 Å². The summed E-state index contributed by atoms with van der Waals surface area (Å²) >= 11 is 0. The molecule has 0 saturated carbocycles. The number of hydrogen-bond acceptors (Lipinski definition) is 9. The number of Topliss-reactive ketones (excluding diaryl/α,β-unsaturated/α-hetero) is 3. The Morgan fingerprint density at radius 1 is 0.868 bits per heavy atom. The van der Waals surface area contributed by atoms with Crippen LogP contribution < -0.4 is 5.32 Å². The van der Waals surface area contributed by atoms with Gasteiger partial charge in [0, 0.05) is 71.1 Å². The van der Waals surface area contributed by atoms with Crippen LogP contribution in [0.15, 0.2) is 30.3 Å². The Morgan fingerprint density at radius 3 is 1.98 bits per heavy atom. The summed E-state index contributed by atoms with van der Waals surface area (Å²) in [5, 5.41) is 3.11. The molecule has 10 atom stereocenters. The second-order valence-corrected chi connectivity index (χ2v) is 15.8. The predicted molar refractivity (Wildman–Crippen MR) is 208 cm³/mol. The highest BCUT2D eigenvalue weighted by Crippen LogP contribution is 2.32. The predicted octanol–water partition coefficient (Wildman–Crippen LogP) is 5.49. The van der Waals surface area contributed by atoms with Gasteiger partial charge in [-0.05, 0) is 31.2 Å². The Morgan fingerprint density at radius 2 is 1.49 bits per heavy atom. The van der Waals surface area contributed by atoms with Crippen molar-refractivity contribution in [2.45, 2.75) is 124 Å². The van der Waals surface area contributed by atoms with E-state index in [1.165, 1.54) is 0 Å². The molecule has 0 radical (unpaired) electrons. The number of hydrogen-bond donors (Lipinski definition) is 1. The molecule has 53 heavy (non-hydrogen) atoms. The van der Waals surface area contributed by atoms with Gasteiger partial charge in [0.25, 0.3) is 0 Å². The summed E-state index contributed by atoms with van der Waals surface area (Å²) in [6.45, 7) is 15.9. The number of benzene rings is 1. The van der Waals surface area contributed by atoms with Crippen LogP contribution in [0.1, 0.15) is 97.9 Å². The summed E-state index contributed by atoms with van der Waals surface area (Å²) in [4.78, 5) is 72.0. The van der Waals surface area contributed by atoms with Crippen LogP contribution in [0.2, 0.25) is 0 Å². The lowest BCUT2D eigenvalue weighted by Gasteiger charge is -2.41. The van der Waals surface area contributed by atoms with Crippen molar-refractivity contribution >= 4 is 29.2 Å². The van der Waals surface area contributed by atoms with E-state index in [1.807, 2.05) is 47.6 Å². The Labute approximate surface area is 319 Å². The van der Waals surface area contributed by atoms with Crippen LogP contribution in [0.3, 0.4) is 0 Å². The first kappa shape index (κ1) is 46.2. The van der Waals surface area contributed by atoms with Crippen molar-refractivity contribution in [1.82, 2.24) is 15.1 Å². The van der Waals surface area contributed by atoms with Gasteiger partial charge in [0.1, 0.15) is 5.78 Å². The summed E-state index contributed by atoms with van der Waals surface area (Å²) < 4.78 is 17.7. The SMILES string of the molecule is CC[C@H](C)[C@@H]([C@@H](CC(=O)N1C[C@H](OC)C[C@H]1[C@H](OC)[C@@H](C)C(=O)C[C@H](C)C(=O)c1ccccc1)OC)N(C)C(=O)[C@@H](CC(=O)[C@@H](NC)C(C)C)C(C)C. The third-order valence-electron chi connectivity index (χ3n) is 11.6. The largest absolute Gasteiger partial charge is 0.380 e. The van der Waals surface area contributed by atoms with Crippen LogP contribution in [0, 0.1) is 35.5 Å². The molecular formula is C42H69N3O8. The number of likely N-dealkylation sites (N-methyl/N-ethyl adjacent to an activating group) is 2. The molecule has 11 nitrogen and oxygen atoms in total. The van der Waals surface area contributed by atoms with Crippen LogP contribution in [0.4, 0.5) is 0 Å². The molecule has 1 saturated heterocycles. The molecule has 0 bridgehead atoms. The average Bonchev–Trinajstić information content (AvgIpc) is 3.57. The van der Waals surface area contributed by atoms with Gasteiger partial charge >= 0.3 is 0 Å². The maximum Gasteiger partial charge on any atom is 0.226 e. The van der Waals surface area contributed by atoms with Crippen molar-refractivity contribution in [2.75, 3.05) is 42.0 Å². The zero-order chi connectivity index (χ0) is 40.2. The van der Waals surface area contributed by atoms with E-state index in [2.05, 4.69) is 5.32 Å². The maximum absolute atomic E-state index is 14.3. The molecule has 2 amide bonds. The van der Waals surface area contributed by atoms with Crippen LogP contribution in [0.5, 0.6) is 0 Å². The molecule has 0 aromatic heterocycles. The minimum atomic E-state index is -0.636. The Hall–Kier alpha value is -2.99. The van der Waals surface area contributed by atoms with Crippen LogP contribution in [0.25, 0.3) is 0 Å². The third-order valence-corrected chi connectivity index (χ3v) is 11.6. The number of carbonyl (C=O) groups is 5. The smallest absolute Gasteiger partial charge is 0.226 e. The molecule has 0 unspecified atom stereocenters. The van der Waals surface area contributed by atoms with Crippen molar-refractivity contribution < 1.29 is 38.2 Å². The van der Waals surface area contributed by atoms with E-state index in [0.717, 1.165) is 6.42 Å². The van der Waals surface area contributed by atoms with Crippen LogP contribution >= 0.6 is 0 Å². The molecule has 300 valence electrons. The van der Waals surface area contributed by atoms with Crippen molar-refractivity contribution in [3.63, 3.8) is 0 Å². The molecule has 1 N–H and O–H groups in total. The fraction of sp³-hybridized carbons (Fsp3) is 0.738. The maximum atomic E-state index is 14.3. The van der Waals surface area contributed by atoms with E-state index < -0.39 is 42.0 Å². The fourth-order valence-electron chi connectivity index (χ4n) is 8.04. The Balaban J connectivity index is 2.32. The quantitative estimate of drug-likeness (QED) is 0.145. The lowest BCUT2D eigenvalue weighted by molar-refractivity contribution is -0.149. The number of likely N-dealkylation sites (tertiary alicyclic amines) is 1.